The van der Waals surface area contributed by atoms with Crippen molar-refractivity contribution in [1.82, 2.24) is 0 Å². The Kier molecular flexibility index (Phi) is 105. The van der Waals surface area contributed by atoms with Crippen LogP contribution in [-0.4, -0.2) is 15.7 Å². The fourth-order valence-corrected chi connectivity index (χ4v) is 0. The Morgan fingerprint density at radius 2 is 1.00 bits per heavy atom. The van der Waals surface area contributed by atoms with Gasteiger partial charge in [0.05, 0.1) is 15.7 Å². The number of hydrogen-bond donors (Lipinski definition) is 0. The molecule has 0 heterocycles. The van der Waals surface area contributed by atoms with Crippen molar-refractivity contribution in [3.8, 4) is 11.9 Å². The fraction of sp³-hybridized carbons (Fsp3) is 0. The Balaban J connectivity index is -0.0000000400. The van der Waals surface area contributed by atoms with Crippen molar-refractivity contribution in [1.29, 1.82) is 10.5 Å². The van der Waals surface area contributed by atoms with Gasteiger partial charge in [-0.05, 0) is 0 Å². The molecule has 7 heavy (non-hydrogen) atoms. The van der Waals surface area contributed by atoms with E-state index in [0.29, 0.717) is 0 Å². The Labute approximate surface area is 55.2 Å². The second-order valence-electron chi connectivity index (χ2n) is 0. The maximum absolute atomic E-state index is 7.43. The van der Waals surface area contributed by atoms with Crippen LogP contribution in [0.25, 0.3) is 0 Å². The summed E-state index contributed by atoms with van der Waals surface area (Å²) in [6, 6.07) is 0. The molecule has 0 amide bonds. The monoisotopic (exact) mass is 138 g/mol. The van der Waals surface area contributed by atoms with Crippen LogP contribution in [0, 0.1) is 22.5 Å². The van der Waals surface area contributed by atoms with E-state index in [1.54, 1.807) is 0 Å². The quantitative estimate of drug-likeness (QED) is 0.352. The molecule has 0 aliphatic heterocycles. The second-order valence-corrected chi connectivity index (χ2v) is 0. The molecule has 0 aromatic rings. The summed E-state index contributed by atoms with van der Waals surface area (Å²) in [5.74, 6) is 4.00. The van der Waals surface area contributed by atoms with E-state index < -0.39 is 0 Å². The van der Waals surface area contributed by atoms with E-state index in [-0.39, 0.29) is 32.2 Å². The molecule has 0 radical (unpaired) electrons. The van der Waals surface area contributed by atoms with Crippen LogP contribution in [0.2, 0.25) is 0 Å². The van der Waals surface area contributed by atoms with Gasteiger partial charge in [0.15, 0.2) is 0 Å². The zero-order chi connectivity index (χ0) is 5.41. The van der Waals surface area contributed by atoms with Crippen LogP contribution >= 0.6 is 0 Å². The Morgan fingerprint density at radius 1 is 1.00 bits per heavy atom. The summed E-state index contributed by atoms with van der Waals surface area (Å²) >= 11 is 0. The summed E-state index contributed by atoms with van der Waals surface area (Å²) in [6.07, 6.45) is 0. The minimum absolute atomic E-state index is 0. The molecule has 2 nitrogen and oxygen atoms in total. The van der Waals surface area contributed by atoms with E-state index in [9.17, 15) is 0 Å². The van der Waals surface area contributed by atoms with Crippen LogP contribution in [-0.2, 0) is 16.5 Å². The maximum Gasteiger partial charge on any atom is 2.00 e. The summed E-state index contributed by atoms with van der Waals surface area (Å²) in [6.45, 7) is 0. The molecule has 0 atom stereocenters. The summed E-state index contributed by atoms with van der Waals surface area (Å²) in [4.78, 5) is 0. The molecule has 5 heteroatoms. The second kappa shape index (κ2) is 46.2. The Bertz CT molecular complexity index is 68.7. The number of nitrogens with zero attached hydrogens (tertiary/aromatic N) is 2. The molecular formula is C2H6B2N2Ni. The van der Waals surface area contributed by atoms with E-state index >= 15 is 0 Å². The first-order valence-electron chi connectivity index (χ1n) is 0.447. The summed E-state index contributed by atoms with van der Waals surface area (Å²) in [5, 5.41) is 14.9. The van der Waals surface area contributed by atoms with Crippen LogP contribution in [0.1, 0.15) is 0 Å². The third-order valence-electron chi connectivity index (χ3n) is 0. The van der Waals surface area contributed by atoms with Crippen LogP contribution in [0.3, 0.4) is 0 Å². The average Bonchev–Trinajstić information content (AvgIpc) is 1.39. The van der Waals surface area contributed by atoms with Crippen LogP contribution in [0.15, 0.2) is 0 Å². The van der Waals surface area contributed by atoms with E-state index in [4.69, 9.17) is 10.5 Å². The summed E-state index contributed by atoms with van der Waals surface area (Å²) in [5.41, 5.74) is 0. The SMILES string of the molecule is [BH3-]C#N.[BH3-]C#N.[Ni+2]. The van der Waals surface area contributed by atoms with Gasteiger partial charge < -0.3 is 0 Å². The zero-order valence-electron chi connectivity index (χ0n) is 2.21. The average molecular weight is 138 g/mol. The molecule has 0 saturated carbocycles. The minimum atomic E-state index is 0. The van der Waals surface area contributed by atoms with E-state index in [2.05, 4.69) is 0 Å². The topological polar surface area (TPSA) is 47.6 Å². The van der Waals surface area contributed by atoms with Gasteiger partial charge in [0.25, 0.3) is 0 Å². The molecule has 0 unspecified atom stereocenters. The van der Waals surface area contributed by atoms with Gasteiger partial charge in [-0.1, -0.05) is 0 Å². The number of nitriles is 2. The van der Waals surface area contributed by atoms with Crippen molar-refractivity contribution in [3.05, 3.63) is 0 Å². The maximum atomic E-state index is 7.43. The number of hydrogen-bond acceptors (Lipinski definition) is 2. The molecular weight excluding hydrogens is 132 g/mol. The molecule has 0 aromatic heterocycles. The van der Waals surface area contributed by atoms with E-state index in [1.165, 1.54) is 0 Å². The van der Waals surface area contributed by atoms with Crippen molar-refractivity contribution >= 4 is 15.7 Å². The van der Waals surface area contributed by atoms with Crippen molar-refractivity contribution in [2.75, 3.05) is 0 Å². The first kappa shape index (κ1) is 16.0. The van der Waals surface area contributed by atoms with Crippen LogP contribution in [0.4, 0.5) is 0 Å². The molecule has 0 rings (SSSR count). The first-order chi connectivity index (χ1) is 2.83. The molecule has 0 bridgehead atoms. The van der Waals surface area contributed by atoms with E-state index in [0.717, 1.165) is 0 Å². The largest absolute Gasteiger partial charge is 2.00 e. The van der Waals surface area contributed by atoms with Crippen molar-refractivity contribution < 1.29 is 16.5 Å². The number of rotatable bonds is 0. The molecule has 0 N–H and O–H groups in total. The fourth-order valence-electron chi connectivity index (χ4n) is 0. The third kappa shape index (κ3) is 463. The van der Waals surface area contributed by atoms with Crippen LogP contribution in [0.5, 0.6) is 0 Å². The van der Waals surface area contributed by atoms with Crippen molar-refractivity contribution in [2.45, 2.75) is 0 Å². The molecule has 0 aliphatic rings. The van der Waals surface area contributed by atoms with Gasteiger partial charge in [0, 0.05) is 0 Å². The van der Waals surface area contributed by atoms with Gasteiger partial charge in [-0.25, -0.2) is 0 Å². The van der Waals surface area contributed by atoms with Crippen molar-refractivity contribution in [2.24, 2.45) is 0 Å². The molecule has 0 spiro atoms. The Hall–Kier alpha value is -0.397. The molecule has 0 aromatic carbocycles. The van der Waals surface area contributed by atoms with Gasteiger partial charge in [0.2, 0.25) is 0 Å². The first-order valence-corrected chi connectivity index (χ1v) is 0.447. The van der Waals surface area contributed by atoms with Gasteiger partial charge in [-0.3, -0.25) is 10.5 Å². The third-order valence-corrected chi connectivity index (χ3v) is 0. The zero-order valence-corrected chi connectivity index (χ0v) is 3.20. The predicted octanol–water partition coefficient (Wildman–Crippen LogP) is -2.34. The smallest absolute Gasteiger partial charge is 0.251 e. The standard InChI is InChI=1S/2CH3BN.Ni/c2*2-1-3;/h2*2H3;/q2*-1;+2. The summed E-state index contributed by atoms with van der Waals surface area (Å²) < 4.78 is 0. The van der Waals surface area contributed by atoms with Gasteiger partial charge in [0.1, 0.15) is 0 Å². The molecule has 0 aliphatic carbocycles. The van der Waals surface area contributed by atoms with Crippen LogP contribution < -0.4 is 0 Å². The minimum Gasteiger partial charge on any atom is -0.251 e. The van der Waals surface area contributed by atoms with Gasteiger partial charge >= 0.3 is 16.5 Å². The summed E-state index contributed by atoms with van der Waals surface area (Å²) in [7, 11) is 0.139. The van der Waals surface area contributed by atoms with Gasteiger partial charge in [-0.15, -0.1) is 0 Å². The molecule has 40 valence electrons. The molecule has 0 fully saturated rings. The van der Waals surface area contributed by atoms with E-state index in [1.807, 2.05) is 11.9 Å². The van der Waals surface area contributed by atoms with Gasteiger partial charge in [-0.2, -0.15) is 11.9 Å². The molecule has 0 saturated heterocycles. The predicted molar refractivity (Wildman–Crippen MR) is 31.1 cm³/mol. The Morgan fingerprint density at radius 3 is 1.00 bits per heavy atom. The van der Waals surface area contributed by atoms with Crippen molar-refractivity contribution in [3.63, 3.8) is 0 Å². The normalized spacial score (nSPS) is 2.29.